The first-order valence-electron chi connectivity index (χ1n) is 18.9. The van der Waals surface area contributed by atoms with Gasteiger partial charge in [0.2, 0.25) is 0 Å². The van der Waals surface area contributed by atoms with Crippen LogP contribution in [0.2, 0.25) is 0 Å². The van der Waals surface area contributed by atoms with Crippen molar-refractivity contribution in [3.63, 3.8) is 0 Å². The van der Waals surface area contributed by atoms with Crippen molar-refractivity contribution < 1.29 is 14.3 Å². The van der Waals surface area contributed by atoms with Gasteiger partial charge in [-0.15, -0.1) is 0 Å². The standard InChI is InChI=1S/C39H74O3/c1-3-5-7-9-11-13-15-17-19-21-22-24-26-28-30-32-34-36-38-42-39(40)41-37-35-33-31-29-27-25-23-20-18-16-14-12-10-8-6-4-2/h18,20-22H,3-17,19,23-38H2,1-2H3. The molecule has 0 spiro atoms. The summed E-state index contributed by atoms with van der Waals surface area (Å²) in [6.07, 6.45) is 47.9. The van der Waals surface area contributed by atoms with Crippen molar-refractivity contribution in [3.8, 4) is 0 Å². The van der Waals surface area contributed by atoms with E-state index in [9.17, 15) is 4.79 Å². The molecular weight excluding hydrogens is 516 g/mol. The SMILES string of the molecule is CCCCCCCCC=CCCCCCCCCOC(=O)OCCCCCCCCC=CCCCCCCCCCC. The third kappa shape index (κ3) is 36.8. The summed E-state index contributed by atoms with van der Waals surface area (Å²) in [5.41, 5.74) is 0. The van der Waals surface area contributed by atoms with Gasteiger partial charge in [0.05, 0.1) is 13.2 Å². The number of carbonyl (C=O) groups is 1. The van der Waals surface area contributed by atoms with Crippen molar-refractivity contribution >= 4 is 6.16 Å². The molecule has 0 unspecified atom stereocenters. The number of ether oxygens (including phenoxy) is 2. The molecule has 0 aliphatic heterocycles. The zero-order valence-electron chi connectivity index (χ0n) is 28.7. The summed E-state index contributed by atoms with van der Waals surface area (Å²) >= 11 is 0. The fraction of sp³-hybridized carbons (Fsp3) is 0.872. The summed E-state index contributed by atoms with van der Waals surface area (Å²) in [5, 5.41) is 0. The average molecular weight is 591 g/mol. The van der Waals surface area contributed by atoms with Crippen molar-refractivity contribution in [1.29, 1.82) is 0 Å². The molecule has 0 heterocycles. The van der Waals surface area contributed by atoms with Gasteiger partial charge in [0.15, 0.2) is 0 Å². The highest BCUT2D eigenvalue weighted by atomic mass is 16.7. The highest BCUT2D eigenvalue weighted by molar-refractivity contribution is 5.59. The van der Waals surface area contributed by atoms with Gasteiger partial charge in [-0.05, 0) is 64.2 Å². The van der Waals surface area contributed by atoms with Crippen molar-refractivity contribution in [3.05, 3.63) is 24.3 Å². The lowest BCUT2D eigenvalue weighted by atomic mass is 10.1. The van der Waals surface area contributed by atoms with Crippen LogP contribution in [0.3, 0.4) is 0 Å². The maximum absolute atomic E-state index is 11.7. The fourth-order valence-corrected chi connectivity index (χ4v) is 5.41. The van der Waals surface area contributed by atoms with Gasteiger partial charge in [-0.3, -0.25) is 0 Å². The van der Waals surface area contributed by atoms with Gasteiger partial charge >= 0.3 is 6.16 Å². The molecule has 0 amide bonds. The second-order valence-corrected chi connectivity index (χ2v) is 12.5. The molecule has 0 N–H and O–H groups in total. The topological polar surface area (TPSA) is 35.5 Å². The molecule has 0 radical (unpaired) electrons. The van der Waals surface area contributed by atoms with E-state index in [1.807, 2.05) is 0 Å². The van der Waals surface area contributed by atoms with Gasteiger partial charge in [-0.1, -0.05) is 167 Å². The first-order valence-corrected chi connectivity index (χ1v) is 18.9. The molecule has 0 bridgehead atoms. The maximum atomic E-state index is 11.7. The summed E-state index contributed by atoms with van der Waals surface area (Å²) in [7, 11) is 0. The van der Waals surface area contributed by atoms with Crippen molar-refractivity contribution in [1.82, 2.24) is 0 Å². The van der Waals surface area contributed by atoms with E-state index in [0.29, 0.717) is 13.2 Å². The molecule has 0 saturated carbocycles. The minimum Gasteiger partial charge on any atom is -0.434 e. The van der Waals surface area contributed by atoms with Crippen LogP contribution in [0.5, 0.6) is 0 Å². The molecule has 0 aromatic heterocycles. The van der Waals surface area contributed by atoms with E-state index in [-0.39, 0.29) is 0 Å². The summed E-state index contributed by atoms with van der Waals surface area (Å²) < 4.78 is 10.4. The fourth-order valence-electron chi connectivity index (χ4n) is 5.41. The van der Waals surface area contributed by atoms with E-state index in [1.54, 1.807) is 0 Å². The molecule has 248 valence electrons. The summed E-state index contributed by atoms with van der Waals surface area (Å²) in [6, 6.07) is 0. The van der Waals surface area contributed by atoms with Crippen molar-refractivity contribution in [2.45, 2.75) is 206 Å². The quantitative estimate of drug-likeness (QED) is 0.0425. The second-order valence-electron chi connectivity index (χ2n) is 12.5. The molecule has 0 fully saturated rings. The minimum atomic E-state index is -0.485. The highest BCUT2D eigenvalue weighted by Gasteiger charge is 2.03. The van der Waals surface area contributed by atoms with Crippen LogP contribution >= 0.6 is 0 Å². The molecule has 0 aromatic rings. The minimum absolute atomic E-state index is 0.485. The number of allylic oxidation sites excluding steroid dienone is 4. The molecule has 0 aliphatic rings. The summed E-state index contributed by atoms with van der Waals surface area (Å²) in [5.74, 6) is 0. The van der Waals surface area contributed by atoms with Gasteiger partial charge in [0.25, 0.3) is 0 Å². The third-order valence-corrected chi connectivity index (χ3v) is 8.25. The van der Waals surface area contributed by atoms with E-state index in [1.165, 1.54) is 167 Å². The molecule has 0 saturated heterocycles. The Bertz CT molecular complexity index is 568. The van der Waals surface area contributed by atoms with Crippen LogP contribution < -0.4 is 0 Å². The van der Waals surface area contributed by atoms with Crippen LogP contribution in [0.1, 0.15) is 206 Å². The normalized spacial score (nSPS) is 11.7. The van der Waals surface area contributed by atoms with Crippen LogP contribution in [0.25, 0.3) is 0 Å². The van der Waals surface area contributed by atoms with E-state index in [4.69, 9.17) is 9.47 Å². The van der Waals surface area contributed by atoms with Gasteiger partial charge in [-0.25, -0.2) is 4.79 Å². The lowest BCUT2D eigenvalue weighted by Gasteiger charge is -2.06. The average Bonchev–Trinajstić information content (AvgIpc) is 3.00. The van der Waals surface area contributed by atoms with E-state index in [2.05, 4.69) is 38.2 Å². The third-order valence-electron chi connectivity index (χ3n) is 8.25. The molecular formula is C39H74O3. The predicted molar refractivity (Wildman–Crippen MR) is 185 cm³/mol. The first kappa shape index (κ1) is 40.8. The zero-order valence-corrected chi connectivity index (χ0v) is 28.7. The molecule has 0 aromatic carbocycles. The van der Waals surface area contributed by atoms with E-state index in [0.717, 1.165) is 25.7 Å². The number of carbonyl (C=O) groups excluding carboxylic acids is 1. The number of rotatable bonds is 34. The molecule has 0 atom stereocenters. The van der Waals surface area contributed by atoms with Gasteiger partial charge < -0.3 is 9.47 Å². The van der Waals surface area contributed by atoms with Gasteiger partial charge in [-0.2, -0.15) is 0 Å². The number of hydrogen-bond donors (Lipinski definition) is 0. The van der Waals surface area contributed by atoms with E-state index < -0.39 is 6.16 Å². The lowest BCUT2D eigenvalue weighted by Crippen LogP contribution is -2.09. The second kappa shape index (κ2) is 37.8. The Hall–Kier alpha value is -1.25. The van der Waals surface area contributed by atoms with Crippen LogP contribution in [0, 0.1) is 0 Å². The van der Waals surface area contributed by atoms with E-state index >= 15 is 0 Å². The van der Waals surface area contributed by atoms with Crippen molar-refractivity contribution in [2.75, 3.05) is 13.2 Å². The van der Waals surface area contributed by atoms with Crippen molar-refractivity contribution in [2.24, 2.45) is 0 Å². The largest absolute Gasteiger partial charge is 0.508 e. The molecule has 42 heavy (non-hydrogen) atoms. The Morgan fingerprint density at radius 3 is 0.881 bits per heavy atom. The van der Waals surface area contributed by atoms with Gasteiger partial charge in [0.1, 0.15) is 0 Å². The Morgan fingerprint density at radius 1 is 0.357 bits per heavy atom. The predicted octanol–water partition coefficient (Wildman–Crippen LogP) is 14.0. The van der Waals surface area contributed by atoms with Crippen LogP contribution in [-0.4, -0.2) is 19.4 Å². The molecule has 3 heteroatoms. The maximum Gasteiger partial charge on any atom is 0.508 e. The highest BCUT2D eigenvalue weighted by Crippen LogP contribution is 2.12. The summed E-state index contributed by atoms with van der Waals surface area (Å²) in [4.78, 5) is 11.7. The molecule has 3 nitrogen and oxygen atoms in total. The number of unbranched alkanes of at least 4 members (excludes halogenated alkanes) is 26. The Balaban J connectivity index is 3.22. The number of hydrogen-bond acceptors (Lipinski definition) is 3. The van der Waals surface area contributed by atoms with Crippen LogP contribution in [0.15, 0.2) is 24.3 Å². The Morgan fingerprint density at radius 2 is 0.595 bits per heavy atom. The van der Waals surface area contributed by atoms with Crippen LogP contribution in [-0.2, 0) is 9.47 Å². The smallest absolute Gasteiger partial charge is 0.434 e. The molecule has 0 aliphatic carbocycles. The summed E-state index contributed by atoms with van der Waals surface area (Å²) in [6.45, 7) is 5.55. The first-order chi connectivity index (χ1) is 20.8. The monoisotopic (exact) mass is 591 g/mol. The molecule has 0 rings (SSSR count). The van der Waals surface area contributed by atoms with Crippen LogP contribution in [0.4, 0.5) is 4.79 Å². The Kier molecular flexibility index (Phi) is 36.7. The lowest BCUT2D eigenvalue weighted by molar-refractivity contribution is 0.0529. The Labute approximate surface area is 264 Å². The zero-order chi connectivity index (χ0) is 30.4. The van der Waals surface area contributed by atoms with Gasteiger partial charge in [0, 0.05) is 0 Å².